The Bertz CT molecular complexity index is 461. The lowest BCUT2D eigenvalue weighted by Gasteiger charge is -2.27. The summed E-state index contributed by atoms with van der Waals surface area (Å²) in [4.78, 5) is 8.64. The number of thiophene rings is 1. The molecule has 0 aromatic carbocycles. The third-order valence-corrected chi connectivity index (χ3v) is 4.75. The van der Waals surface area contributed by atoms with Gasteiger partial charge in [0.15, 0.2) is 5.96 Å². The zero-order chi connectivity index (χ0) is 15.6. The first-order valence-corrected chi connectivity index (χ1v) is 9.00. The monoisotopic (exact) mass is 324 g/mol. The molecule has 2 heterocycles. The third-order valence-electron chi connectivity index (χ3n) is 3.73. The Kier molecular flexibility index (Phi) is 7.70. The number of methoxy groups -OCH3 is 1. The number of hydrogen-bond acceptors (Lipinski definition) is 4. The third kappa shape index (κ3) is 5.59. The molecule has 0 radical (unpaired) electrons. The number of nitrogens with one attached hydrogen (secondary N) is 2. The standard InChI is InChI=1S/C16H28N4OS/c1-3-17-16(18-7-4-11-21-2)19-8-10-20-9-5-15-14(13-20)6-12-22-15/h6,12H,3-5,7-11,13H2,1-2H3,(H2,17,18,19). The Morgan fingerprint density at radius 3 is 3.18 bits per heavy atom. The van der Waals surface area contributed by atoms with Crippen LogP contribution in [0.3, 0.4) is 0 Å². The van der Waals surface area contributed by atoms with Crippen molar-refractivity contribution in [2.45, 2.75) is 26.3 Å². The predicted octanol–water partition coefficient (Wildman–Crippen LogP) is 1.70. The minimum Gasteiger partial charge on any atom is -0.385 e. The van der Waals surface area contributed by atoms with Crippen molar-refractivity contribution in [2.24, 2.45) is 4.99 Å². The van der Waals surface area contributed by atoms with E-state index in [0.29, 0.717) is 0 Å². The molecule has 124 valence electrons. The minimum atomic E-state index is 0.764. The van der Waals surface area contributed by atoms with Gasteiger partial charge >= 0.3 is 0 Å². The molecule has 0 bridgehead atoms. The van der Waals surface area contributed by atoms with Crippen LogP contribution in [0.4, 0.5) is 0 Å². The molecule has 0 unspecified atom stereocenters. The van der Waals surface area contributed by atoms with Crippen LogP contribution in [0.15, 0.2) is 16.4 Å². The number of aliphatic imine (C=N–C) groups is 1. The van der Waals surface area contributed by atoms with Crippen LogP contribution in [0, 0.1) is 0 Å². The average molecular weight is 324 g/mol. The molecule has 2 rings (SSSR count). The van der Waals surface area contributed by atoms with Gasteiger partial charge in [0.2, 0.25) is 0 Å². The van der Waals surface area contributed by atoms with Crippen LogP contribution in [0.1, 0.15) is 23.8 Å². The number of nitrogens with zero attached hydrogens (tertiary/aromatic N) is 2. The molecular weight excluding hydrogens is 296 g/mol. The molecule has 0 spiro atoms. The number of rotatable bonds is 8. The highest BCUT2D eigenvalue weighted by Gasteiger charge is 2.16. The highest BCUT2D eigenvalue weighted by molar-refractivity contribution is 7.10. The zero-order valence-electron chi connectivity index (χ0n) is 13.7. The SMILES string of the molecule is CCNC(=NCCCOC)NCCN1CCc2sccc2C1. The van der Waals surface area contributed by atoms with Gasteiger partial charge in [0.05, 0.1) is 0 Å². The molecule has 0 saturated heterocycles. The van der Waals surface area contributed by atoms with E-state index in [1.54, 1.807) is 12.0 Å². The summed E-state index contributed by atoms with van der Waals surface area (Å²) in [6.07, 6.45) is 2.15. The molecule has 1 aromatic rings. The van der Waals surface area contributed by atoms with Gasteiger partial charge < -0.3 is 15.4 Å². The summed E-state index contributed by atoms with van der Waals surface area (Å²) < 4.78 is 5.05. The molecule has 0 amide bonds. The summed E-state index contributed by atoms with van der Waals surface area (Å²) >= 11 is 1.89. The fourth-order valence-corrected chi connectivity index (χ4v) is 3.46. The molecule has 0 saturated carbocycles. The van der Waals surface area contributed by atoms with Crippen molar-refractivity contribution in [1.82, 2.24) is 15.5 Å². The number of hydrogen-bond donors (Lipinski definition) is 2. The van der Waals surface area contributed by atoms with Crippen LogP contribution in [-0.4, -0.2) is 57.3 Å². The molecular formula is C16H28N4OS. The van der Waals surface area contributed by atoms with Crippen LogP contribution < -0.4 is 10.6 Å². The lowest BCUT2D eigenvalue weighted by molar-refractivity contribution is 0.197. The van der Waals surface area contributed by atoms with Crippen molar-refractivity contribution in [3.05, 3.63) is 21.9 Å². The van der Waals surface area contributed by atoms with Crippen molar-refractivity contribution >= 4 is 17.3 Å². The van der Waals surface area contributed by atoms with Crippen molar-refractivity contribution in [3.63, 3.8) is 0 Å². The fraction of sp³-hybridized carbons (Fsp3) is 0.688. The Hall–Kier alpha value is -1.11. The largest absolute Gasteiger partial charge is 0.385 e. The molecule has 22 heavy (non-hydrogen) atoms. The summed E-state index contributed by atoms with van der Waals surface area (Å²) in [6.45, 7) is 8.77. The van der Waals surface area contributed by atoms with Gasteiger partial charge in [-0.25, -0.2) is 0 Å². The highest BCUT2D eigenvalue weighted by atomic mass is 32.1. The predicted molar refractivity (Wildman–Crippen MR) is 93.8 cm³/mol. The van der Waals surface area contributed by atoms with Gasteiger partial charge in [-0.3, -0.25) is 9.89 Å². The summed E-state index contributed by atoms with van der Waals surface area (Å²) in [5.41, 5.74) is 1.51. The zero-order valence-corrected chi connectivity index (χ0v) is 14.5. The number of fused-ring (bicyclic) bond motifs is 1. The number of guanidine groups is 1. The Morgan fingerprint density at radius 1 is 1.45 bits per heavy atom. The van der Waals surface area contributed by atoms with Gasteiger partial charge in [-0.1, -0.05) is 0 Å². The first-order chi connectivity index (χ1) is 10.8. The molecule has 0 aliphatic carbocycles. The lowest BCUT2D eigenvalue weighted by Crippen LogP contribution is -2.42. The molecule has 1 aromatic heterocycles. The van der Waals surface area contributed by atoms with E-state index >= 15 is 0 Å². The van der Waals surface area contributed by atoms with E-state index in [1.165, 1.54) is 12.0 Å². The molecule has 0 atom stereocenters. The van der Waals surface area contributed by atoms with Gasteiger partial charge in [0, 0.05) is 57.9 Å². The average Bonchev–Trinajstić information content (AvgIpc) is 2.99. The Morgan fingerprint density at radius 2 is 2.36 bits per heavy atom. The topological polar surface area (TPSA) is 48.9 Å². The summed E-state index contributed by atoms with van der Waals surface area (Å²) in [7, 11) is 1.73. The maximum Gasteiger partial charge on any atom is 0.191 e. The quantitative estimate of drug-likeness (QED) is 0.434. The van der Waals surface area contributed by atoms with Gasteiger partial charge in [0.25, 0.3) is 0 Å². The molecule has 1 aliphatic heterocycles. The highest BCUT2D eigenvalue weighted by Crippen LogP contribution is 2.23. The van der Waals surface area contributed by atoms with Gasteiger partial charge in [-0.05, 0) is 36.8 Å². The van der Waals surface area contributed by atoms with Crippen LogP contribution in [-0.2, 0) is 17.7 Å². The minimum absolute atomic E-state index is 0.764. The van der Waals surface area contributed by atoms with Gasteiger partial charge in [-0.15, -0.1) is 11.3 Å². The molecule has 0 fully saturated rings. The number of ether oxygens (including phenoxy) is 1. The maximum absolute atomic E-state index is 5.05. The second-order valence-corrected chi connectivity index (χ2v) is 6.43. The first kappa shape index (κ1) is 17.2. The summed E-state index contributed by atoms with van der Waals surface area (Å²) in [5.74, 6) is 0.909. The van der Waals surface area contributed by atoms with E-state index < -0.39 is 0 Å². The van der Waals surface area contributed by atoms with E-state index in [9.17, 15) is 0 Å². The van der Waals surface area contributed by atoms with Crippen molar-refractivity contribution < 1.29 is 4.74 Å². The van der Waals surface area contributed by atoms with Gasteiger partial charge in [-0.2, -0.15) is 0 Å². The van der Waals surface area contributed by atoms with Crippen LogP contribution >= 0.6 is 11.3 Å². The Balaban J connectivity index is 1.69. The van der Waals surface area contributed by atoms with E-state index in [4.69, 9.17) is 4.74 Å². The van der Waals surface area contributed by atoms with Crippen molar-refractivity contribution in [2.75, 3.05) is 46.4 Å². The van der Waals surface area contributed by atoms with Crippen molar-refractivity contribution in [3.8, 4) is 0 Å². The van der Waals surface area contributed by atoms with Crippen LogP contribution in [0.2, 0.25) is 0 Å². The molecule has 6 heteroatoms. The smallest absolute Gasteiger partial charge is 0.191 e. The molecule has 2 N–H and O–H groups in total. The summed E-state index contributed by atoms with van der Waals surface area (Å²) in [5, 5.41) is 8.92. The van der Waals surface area contributed by atoms with E-state index in [-0.39, 0.29) is 0 Å². The van der Waals surface area contributed by atoms with Gasteiger partial charge in [0.1, 0.15) is 0 Å². The molecule has 5 nitrogen and oxygen atoms in total. The van der Waals surface area contributed by atoms with E-state index in [0.717, 1.165) is 58.3 Å². The second kappa shape index (κ2) is 9.82. The normalized spacial score (nSPS) is 15.6. The molecule has 1 aliphatic rings. The van der Waals surface area contributed by atoms with Crippen LogP contribution in [0.25, 0.3) is 0 Å². The van der Waals surface area contributed by atoms with E-state index in [2.05, 4.69) is 38.9 Å². The lowest BCUT2D eigenvalue weighted by atomic mass is 10.1. The first-order valence-electron chi connectivity index (χ1n) is 8.12. The van der Waals surface area contributed by atoms with Crippen molar-refractivity contribution in [1.29, 1.82) is 0 Å². The Labute approximate surface area is 137 Å². The second-order valence-electron chi connectivity index (χ2n) is 5.43. The maximum atomic E-state index is 5.05. The fourth-order valence-electron chi connectivity index (χ4n) is 2.57. The van der Waals surface area contributed by atoms with Crippen LogP contribution in [0.5, 0.6) is 0 Å². The van der Waals surface area contributed by atoms with E-state index in [1.807, 2.05) is 11.3 Å². The summed E-state index contributed by atoms with van der Waals surface area (Å²) in [6, 6.07) is 2.26.